The van der Waals surface area contributed by atoms with Crippen molar-refractivity contribution in [2.45, 2.75) is 32.6 Å². The fraction of sp³-hybridized carbons (Fsp3) is 0.529. The van der Waals surface area contributed by atoms with E-state index in [2.05, 4.69) is 5.32 Å². The number of amides is 2. The highest BCUT2D eigenvalue weighted by atomic mass is 19.2. The summed E-state index contributed by atoms with van der Waals surface area (Å²) in [7, 11) is 0. The van der Waals surface area contributed by atoms with Crippen molar-refractivity contribution in [2.75, 3.05) is 19.6 Å². The molecule has 4 nitrogen and oxygen atoms in total. The minimum absolute atomic E-state index is 0.0246. The van der Waals surface area contributed by atoms with E-state index in [1.165, 1.54) is 6.07 Å². The molecule has 6 heteroatoms. The molecular weight excluding hydrogens is 302 g/mol. The van der Waals surface area contributed by atoms with Gasteiger partial charge in [0.2, 0.25) is 5.91 Å². The van der Waals surface area contributed by atoms with Gasteiger partial charge in [0, 0.05) is 31.6 Å². The van der Waals surface area contributed by atoms with Gasteiger partial charge in [-0.05, 0) is 43.4 Å². The third-order valence-corrected chi connectivity index (χ3v) is 4.04. The Morgan fingerprint density at radius 3 is 2.78 bits per heavy atom. The zero-order valence-electron chi connectivity index (χ0n) is 13.3. The number of nitrogens with zero attached hydrogens (tertiary/aromatic N) is 1. The third kappa shape index (κ3) is 4.74. The molecule has 1 saturated heterocycles. The number of likely N-dealkylation sites (tertiary alicyclic amines) is 1. The summed E-state index contributed by atoms with van der Waals surface area (Å²) in [5.74, 6) is -2.06. The number of rotatable bonds is 5. The molecule has 23 heavy (non-hydrogen) atoms. The van der Waals surface area contributed by atoms with E-state index in [-0.39, 0.29) is 23.3 Å². The number of carbonyl (C=O) groups is 2. The van der Waals surface area contributed by atoms with Crippen LogP contribution < -0.4 is 5.32 Å². The van der Waals surface area contributed by atoms with Crippen molar-refractivity contribution >= 4 is 11.8 Å². The number of halogens is 2. The second-order valence-corrected chi connectivity index (χ2v) is 5.94. The van der Waals surface area contributed by atoms with Crippen LogP contribution in [0.1, 0.15) is 43.0 Å². The summed E-state index contributed by atoms with van der Waals surface area (Å²) in [5.41, 5.74) is 0.152. The molecule has 0 bridgehead atoms. The second kappa shape index (κ2) is 8.04. The quantitative estimate of drug-likeness (QED) is 0.905. The van der Waals surface area contributed by atoms with Crippen LogP contribution in [-0.2, 0) is 4.79 Å². The van der Waals surface area contributed by atoms with Crippen LogP contribution in [-0.4, -0.2) is 36.3 Å². The summed E-state index contributed by atoms with van der Waals surface area (Å²) < 4.78 is 26.2. The molecule has 2 amide bonds. The normalized spacial score (nSPS) is 17.9. The summed E-state index contributed by atoms with van der Waals surface area (Å²) in [6.07, 6.45) is 3.08. The maximum Gasteiger partial charge on any atom is 0.253 e. The van der Waals surface area contributed by atoms with Crippen molar-refractivity contribution < 1.29 is 18.4 Å². The van der Waals surface area contributed by atoms with E-state index in [1.54, 1.807) is 4.90 Å². The molecule has 0 saturated carbocycles. The number of piperidine rings is 1. The van der Waals surface area contributed by atoms with Gasteiger partial charge in [-0.3, -0.25) is 9.59 Å². The summed E-state index contributed by atoms with van der Waals surface area (Å²) in [6, 6.07) is 3.20. The first kappa shape index (κ1) is 17.4. The summed E-state index contributed by atoms with van der Waals surface area (Å²) in [6.45, 7) is 3.60. The predicted molar refractivity (Wildman–Crippen MR) is 82.9 cm³/mol. The Hall–Kier alpha value is -1.98. The molecule has 0 radical (unpaired) electrons. The van der Waals surface area contributed by atoms with Gasteiger partial charge in [-0.2, -0.15) is 0 Å². The number of carbonyl (C=O) groups excluding carboxylic acids is 2. The lowest BCUT2D eigenvalue weighted by Gasteiger charge is -2.33. The average Bonchev–Trinajstić information content (AvgIpc) is 2.55. The molecule has 1 N–H and O–H groups in total. The summed E-state index contributed by atoms with van der Waals surface area (Å²) >= 11 is 0. The summed E-state index contributed by atoms with van der Waals surface area (Å²) in [4.78, 5) is 25.6. The smallest absolute Gasteiger partial charge is 0.253 e. The molecule has 0 aliphatic carbocycles. The Kier molecular flexibility index (Phi) is 6.07. The monoisotopic (exact) mass is 324 g/mol. The van der Waals surface area contributed by atoms with Crippen molar-refractivity contribution in [3.8, 4) is 0 Å². The van der Waals surface area contributed by atoms with Crippen LogP contribution in [0.15, 0.2) is 18.2 Å². The molecular formula is C17H22F2N2O2. The number of nitrogens with one attached hydrogen (secondary N) is 1. The van der Waals surface area contributed by atoms with Gasteiger partial charge >= 0.3 is 0 Å². The predicted octanol–water partition coefficient (Wildman–Crippen LogP) is 2.73. The Labute approximate surface area is 134 Å². The van der Waals surface area contributed by atoms with Gasteiger partial charge < -0.3 is 10.2 Å². The van der Waals surface area contributed by atoms with E-state index in [4.69, 9.17) is 0 Å². The standard InChI is InChI=1S/C17H22F2N2O2/c1-2-4-16(22)20-10-12-5-3-8-21(11-12)17(23)13-6-7-14(18)15(19)9-13/h6-7,9,12H,2-5,8,10-11H2,1H3,(H,20,22). The molecule has 1 aliphatic rings. The first-order valence-electron chi connectivity index (χ1n) is 8.02. The van der Waals surface area contributed by atoms with Crippen LogP contribution in [0.25, 0.3) is 0 Å². The second-order valence-electron chi connectivity index (χ2n) is 5.94. The molecule has 1 atom stereocenters. The van der Waals surface area contributed by atoms with Crippen molar-refractivity contribution in [1.29, 1.82) is 0 Å². The highest BCUT2D eigenvalue weighted by molar-refractivity contribution is 5.94. The SMILES string of the molecule is CCCC(=O)NCC1CCCN(C(=O)c2ccc(F)c(F)c2)C1. The van der Waals surface area contributed by atoms with Crippen molar-refractivity contribution in [3.63, 3.8) is 0 Å². The Morgan fingerprint density at radius 2 is 2.09 bits per heavy atom. The number of hydrogen-bond acceptors (Lipinski definition) is 2. The maximum absolute atomic E-state index is 13.3. The minimum Gasteiger partial charge on any atom is -0.356 e. The largest absolute Gasteiger partial charge is 0.356 e. The van der Waals surface area contributed by atoms with Gasteiger partial charge in [0.05, 0.1) is 0 Å². The van der Waals surface area contributed by atoms with Gasteiger partial charge in [-0.1, -0.05) is 6.92 Å². The Morgan fingerprint density at radius 1 is 1.30 bits per heavy atom. The fourth-order valence-electron chi connectivity index (χ4n) is 2.80. The van der Waals surface area contributed by atoms with E-state index >= 15 is 0 Å². The highest BCUT2D eigenvalue weighted by Crippen LogP contribution is 2.19. The van der Waals surface area contributed by atoms with Gasteiger partial charge in [0.15, 0.2) is 11.6 Å². The molecule has 1 aliphatic heterocycles. The minimum atomic E-state index is -1.02. The average molecular weight is 324 g/mol. The number of benzene rings is 1. The van der Waals surface area contributed by atoms with E-state index in [0.717, 1.165) is 31.4 Å². The Balaban J connectivity index is 1.93. The lowest BCUT2D eigenvalue weighted by atomic mass is 9.97. The zero-order valence-corrected chi connectivity index (χ0v) is 13.3. The lowest BCUT2D eigenvalue weighted by Crippen LogP contribution is -2.43. The summed E-state index contributed by atoms with van der Waals surface area (Å²) in [5, 5.41) is 2.88. The molecule has 2 rings (SSSR count). The molecule has 1 fully saturated rings. The lowest BCUT2D eigenvalue weighted by molar-refractivity contribution is -0.121. The van der Waals surface area contributed by atoms with Crippen molar-refractivity contribution in [2.24, 2.45) is 5.92 Å². The number of hydrogen-bond donors (Lipinski definition) is 1. The molecule has 1 aromatic carbocycles. The zero-order chi connectivity index (χ0) is 16.8. The van der Waals surface area contributed by atoms with E-state index in [9.17, 15) is 18.4 Å². The highest BCUT2D eigenvalue weighted by Gasteiger charge is 2.25. The first-order chi connectivity index (χ1) is 11.0. The fourth-order valence-corrected chi connectivity index (χ4v) is 2.80. The maximum atomic E-state index is 13.3. The first-order valence-corrected chi connectivity index (χ1v) is 8.02. The topological polar surface area (TPSA) is 49.4 Å². The van der Waals surface area contributed by atoms with Crippen LogP contribution in [0, 0.1) is 17.6 Å². The molecule has 1 unspecified atom stereocenters. The van der Waals surface area contributed by atoms with Gasteiger partial charge in [-0.25, -0.2) is 8.78 Å². The van der Waals surface area contributed by atoms with Gasteiger partial charge in [-0.15, -0.1) is 0 Å². The molecule has 1 heterocycles. The van der Waals surface area contributed by atoms with E-state index < -0.39 is 11.6 Å². The van der Waals surface area contributed by atoms with Crippen LogP contribution in [0.4, 0.5) is 8.78 Å². The Bertz CT molecular complexity index is 578. The van der Waals surface area contributed by atoms with Crippen LogP contribution in [0.2, 0.25) is 0 Å². The van der Waals surface area contributed by atoms with E-state index in [1.807, 2.05) is 6.92 Å². The van der Waals surface area contributed by atoms with Crippen LogP contribution in [0.5, 0.6) is 0 Å². The van der Waals surface area contributed by atoms with Crippen LogP contribution >= 0.6 is 0 Å². The molecule has 126 valence electrons. The van der Waals surface area contributed by atoms with Crippen LogP contribution in [0.3, 0.4) is 0 Å². The van der Waals surface area contributed by atoms with Crippen molar-refractivity contribution in [1.82, 2.24) is 10.2 Å². The van der Waals surface area contributed by atoms with Gasteiger partial charge in [0.25, 0.3) is 5.91 Å². The molecule has 0 aromatic heterocycles. The molecule has 1 aromatic rings. The van der Waals surface area contributed by atoms with Gasteiger partial charge in [0.1, 0.15) is 0 Å². The third-order valence-electron chi connectivity index (χ3n) is 4.04. The molecule has 0 spiro atoms. The van der Waals surface area contributed by atoms with E-state index in [0.29, 0.717) is 26.1 Å². The van der Waals surface area contributed by atoms with Crippen molar-refractivity contribution in [3.05, 3.63) is 35.4 Å².